The zero-order valence-electron chi connectivity index (χ0n) is 11.4. The number of hydrogen-bond acceptors (Lipinski definition) is 1. The highest BCUT2D eigenvalue weighted by Gasteiger charge is 2.68. The Hall–Kier alpha value is 1.79. The quantitative estimate of drug-likeness (QED) is 0.414. The zero-order chi connectivity index (χ0) is 18.3. The third kappa shape index (κ3) is 4.21. The lowest BCUT2D eigenvalue weighted by atomic mass is 9.95. The van der Waals surface area contributed by atoms with Gasteiger partial charge in [-0.2, -0.15) is 0 Å². The summed E-state index contributed by atoms with van der Waals surface area (Å²) in [5.41, 5.74) is 0.599. The maximum Gasteiger partial charge on any atom is 0.226 e. The van der Waals surface area contributed by atoms with Crippen LogP contribution in [0.1, 0.15) is 30.6 Å². The number of benzene rings is 1. The molecule has 23 heavy (non-hydrogen) atoms. The highest BCUT2D eigenvalue weighted by Crippen LogP contribution is 2.65. The van der Waals surface area contributed by atoms with Gasteiger partial charge in [0.2, 0.25) is 8.13 Å². The highest BCUT2D eigenvalue weighted by atomic mass is 35.6. The first kappa shape index (κ1) is 22.8. The summed E-state index contributed by atoms with van der Waals surface area (Å²) in [7, 11) is 0. The molecule has 0 bridgehead atoms. The van der Waals surface area contributed by atoms with E-state index in [-0.39, 0.29) is 5.56 Å². The molecule has 0 aliphatic rings. The summed E-state index contributed by atoms with van der Waals surface area (Å²) in [5, 5.41) is 10.2. The predicted molar refractivity (Wildman–Crippen MR) is 104 cm³/mol. The molecule has 0 aliphatic carbocycles. The molecule has 1 aromatic rings. The van der Waals surface area contributed by atoms with Gasteiger partial charge < -0.3 is 5.11 Å². The van der Waals surface area contributed by atoms with Crippen molar-refractivity contribution in [1.29, 1.82) is 0 Å². The zero-order valence-corrected chi connectivity index (χ0v) is 18.2. The van der Waals surface area contributed by atoms with E-state index in [0.29, 0.717) is 12.0 Å². The summed E-state index contributed by atoms with van der Waals surface area (Å²) in [6.07, 6.45) is -0.462. The van der Waals surface area contributed by atoms with Crippen LogP contribution in [0, 0.1) is 0 Å². The minimum atomic E-state index is -2.37. The van der Waals surface area contributed by atoms with Gasteiger partial charge in [-0.15, -0.1) is 0 Å². The van der Waals surface area contributed by atoms with Crippen LogP contribution in [0.3, 0.4) is 0 Å². The molecule has 0 radical (unpaired) electrons. The van der Waals surface area contributed by atoms with E-state index in [9.17, 15) is 5.11 Å². The van der Waals surface area contributed by atoms with Crippen molar-refractivity contribution in [2.24, 2.45) is 0 Å². The number of hydrogen-bond donors (Lipinski definition) is 1. The minimum Gasteiger partial charge on any atom is -0.388 e. The third-order valence-corrected chi connectivity index (χ3v) is 8.64. The SMILES string of the molecule is CCC(O)c1ccccc1C(Cl)(Cl)C(Cl)(Cl)C(Cl)(Cl)C(Cl)(Cl)Cl. The van der Waals surface area contributed by atoms with Crippen molar-refractivity contribution >= 4 is 104 Å². The molecule has 132 valence electrons. The summed E-state index contributed by atoms with van der Waals surface area (Å²) < 4.78 is -9.12. The van der Waals surface area contributed by atoms with E-state index in [4.69, 9.17) is 104 Å². The molecule has 1 nitrogen and oxygen atoms in total. The first-order chi connectivity index (χ1) is 10.2. The fourth-order valence-corrected chi connectivity index (χ4v) is 4.14. The molecule has 0 spiro atoms. The van der Waals surface area contributed by atoms with Crippen molar-refractivity contribution < 1.29 is 5.11 Å². The van der Waals surface area contributed by atoms with Crippen LogP contribution in [-0.4, -0.2) is 17.6 Å². The largest absolute Gasteiger partial charge is 0.388 e. The second kappa shape index (κ2) is 7.80. The Bertz CT molecular complexity index is 551. The Morgan fingerprint density at radius 1 is 0.870 bits per heavy atom. The Morgan fingerprint density at radius 3 is 1.78 bits per heavy atom. The van der Waals surface area contributed by atoms with E-state index in [1.54, 1.807) is 25.1 Å². The van der Waals surface area contributed by atoms with E-state index in [1.165, 1.54) is 6.07 Å². The molecular weight excluding hydrogens is 491 g/mol. The third-order valence-electron chi connectivity index (χ3n) is 3.19. The fourth-order valence-electron chi connectivity index (χ4n) is 1.84. The van der Waals surface area contributed by atoms with Crippen molar-refractivity contribution in [1.82, 2.24) is 0 Å². The molecule has 0 saturated carbocycles. The topological polar surface area (TPSA) is 20.2 Å². The normalized spacial score (nSPS) is 15.6. The van der Waals surface area contributed by atoms with Crippen LogP contribution in [0.2, 0.25) is 0 Å². The summed E-state index contributed by atoms with van der Waals surface area (Å²) >= 11 is 54.8. The van der Waals surface area contributed by atoms with Crippen LogP contribution >= 0.6 is 104 Å². The van der Waals surface area contributed by atoms with E-state index in [2.05, 4.69) is 0 Å². The van der Waals surface area contributed by atoms with E-state index >= 15 is 0 Å². The highest BCUT2D eigenvalue weighted by molar-refractivity contribution is 6.80. The Labute approximate surface area is 180 Å². The standard InChI is InChI=1S/C13H11Cl9O/c1-2-9(23)7-5-3-4-6-8(7)10(14,15)11(16,17)12(18,19)13(20,21)22/h3-6,9,23H,2H2,1H3. The minimum absolute atomic E-state index is 0.197. The van der Waals surface area contributed by atoms with Crippen molar-refractivity contribution in [3.63, 3.8) is 0 Å². The Kier molecular flexibility index (Phi) is 7.75. The first-order valence-electron chi connectivity index (χ1n) is 6.19. The Morgan fingerprint density at radius 2 is 1.35 bits per heavy atom. The summed E-state index contributed by atoms with van der Waals surface area (Å²) in [6.45, 7) is 1.77. The summed E-state index contributed by atoms with van der Waals surface area (Å²) in [4.78, 5) is 0. The lowest BCUT2D eigenvalue weighted by Crippen LogP contribution is -2.55. The van der Waals surface area contributed by atoms with Crippen molar-refractivity contribution in [3.05, 3.63) is 35.4 Å². The number of rotatable bonds is 5. The number of aliphatic hydroxyl groups is 1. The van der Waals surface area contributed by atoms with Crippen LogP contribution < -0.4 is 0 Å². The molecule has 1 rings (SSSR count). The summed E-state index contributed by atoms with van der Waals surface area (Å²) in [5.74, 6) is 0. The number of aliphatic hydroxyl groups excluding tert-OH is 1. The van der Waals surface area contributed by atoms with Crippen LogP contribution in [0.4, 0.5) is 0 Å². The first-order valence-corrected chi connectivity index (χ1v) is 9.59. The molecular formula is C13H11Cl9O. The monoisotopic (exact) mass is 498 g/mol. The lowest BCUT2D eigenvalue weighted by Gasteiger charge is -2.44. The molecule has 10 heteroatoms. The van der Waals surface area contributed by atoms with Crippen LogP contribution in [0.5, 0.6) is 0 Å². The number of alkyl halides is 9. The molecule has 0 amide bonds. The molecule has 1 atom stereocenters. The van der Waals surface area contributed by atoms with Gasteiger partial charge in [0.1, 0.15) is 0 Å². The van der Waals surface area contributed by atoms with Crippen molar-refractivity contribution in [2.45, 2.75) is 36.2 Å². The van der Waals surface area contributed by atoms with Gasteiger partial charge in [0.05, 0.1) is 6.10 Å². The van der Waals surface area contributed by atoms with Gasteiger partial charge in [-0.3, -0.25) is 0 Å². The molecule has 0 aromatic heterocycles. The molecule has 0 saturated heterocycles. The molecule has 1 aromatic carbocycles. The van der Waals surface area contributed by atoms with E-state index in [0.717, 1.165) is 0 Å². The van der Waals surface area contributed by atoms with Crippen LogP contribution in [-0.2, 0) is 4.33 Å². The molecule has 0 heterocycles. The average molecular weight is 502 g/mol. The second-order valence-electron chi connectivity index (χ2n) is 4.73. The molecule has 1 N–H and O–H groups in total. The van der Waals surface area contributed by atoms with E-state index < -0.39 is 22.9 Å². The molecule has 0 aliphatic heterocycles. The Balaban J connectivity index is 3.53. The fraction of sp³-hybridized carbons (Fsp3) is 0.538. The van der Waals surface area contributed by atoms with Gasteiger partial charge in [-0.25, -0.2) is 0 Å². The van der Waals surface area contributed by atoms with Gasteiger partial charge in [0.15, 0.2) is 8.67 Å². The summed E-state index contributed by atoms with van der Waals surface area (Å²) in [6, 6.07) is 6.46. The van der Waals surface area contributed by atoms with Gasteiger partial charge in [0.25, 0.3) is 0 Å². The van der Waals surface area contributed by atoms with E-state index in [1.807, 2.05) is 0 Å². The van der Waals surface area contributed by atoms with Gasteiger partial charge >= 0.3 is 0 Å². The van der Waals surface area contributed by atoms with Crippen molar-refractivity contribution in [2.75, 3.05) is 0 Å². The smallest absolute Gasteiger partial charge is 0.226 e. The maximum atomic E-state index is 10.2. The van der Waals surface area contributed by atoms with Gasteiger partial charge in [-0.1, -0.05) is 136 Å². The maximum absolute atomic E-state index is 10.2. The van der Waals surface area contributed by atoms with Gasteiger partial charge in [-0.05, 0) is 17.5 Å². The number of halogens is 9. The van der Waals surface area contributed by atoms with Crippen LogP contribution in [0.15, 0.2) is 24.3 Å². The average Bonchev–Trinajstić information content (AvgIpc) is 2.44. The lowest BCUT2D eigenvalue weighted by molar-refractivity contribution is 0.172. The predicted octanol–water partition coefficient (Wildman–Crippen LogP) is 7.48. The van der Waals surface area contributed by atoms with Gasteiger partial charge in [0, 0.05) is 0 Å². The molecule has 1 unspecified atom stereocenters. The van der Waals surface area contributed by atoms with Crippen LogP contribution in [0.25, 0.3) is 0 Å². The van der Waals surface area contributed by atoms with Crippen molar-refractivity contribution in [3.8, 4) is 0 Å². The molecule has 0 fully saturated rings. The second-order valence-corrected chi connectivity index (χ2v) is 11.0.